The number of rotatable bonds is 7. The number of alkyl halides is 1. The van der Waals surface area contributed by atoms with Crippen molar-refractivity contribution < 1.29 is 12.8 Å². The highest BCUT2D eigenvalue weighted by molar-refractivity contribution is 9.09. The van der Waals surface area contributed by atoms with Crippen LogP contribution in [-0.4, -0.2) is 25.3 Å². The van der Waals surface area contributed by atoms with E-state index in [2.05, 4.69) is 25.6 Å². The van der Waals surface area contributed by atoms with Crippen molar-refractivity contribution >= 4 is 26.0 Å². The van der Waals surface area contributed by atoms with Crippen molar-refractivity contribution in [2.24, 2.45) is 5.41 Å². The lowest BCUT2D eigenvalue weighted by atomic mass is 9.85. The van der Waals surface area contributed by atoms with Crippen molar-refractivity contribution in [2.45, 2.75) is 31.7 Å². The first-order valence-corrected chi connectivity index (χ1v) is 8.67. The quantitative estimate of drug-likeness (QED) is 0.767. The Hall–Kier alpha value is -0.530. The van der Waals surface area contributed by atoms with Gasteiger partial charge < -0.3 is 0 Å². The summed E-state index contributed by atoms with van der Waals surface area (Å²) in [5.74, 6) is -0.840. The maximum Gasteiger partial charge on any atom is 0.261 e. The summed E-state index contributed by atoms with van der Waals surface area (Å²) in [5.41, 5.74) is -0.168. The highest BCUT2D eigenvalue weighted by atomic mass is 79.9. The van der Waals surface area contributed by atoms with Gasteiger partial charge in [0.2, 0.25) is 5.03 Å². The van der Waals surface area contributed by atoms with Gasteiger partial charge in [-0.3, -0.25) is 0 Å². The molecule has 0 saturated carbocycles. The molecule has 4 nitrogen and oxygen atoms in total. The van der Waals surface area contributed by atoms with Crippen LogP contribution in [0.15, 0.2) is 23.4 Å². The molecule has 0 saturated heterocycles. The number of halogens is 2. The van der Waals surface area contributed by atoms with E-state index in [0.29, 0.717) is 5.33 Å². The molecule has 0 bridgehead atoms. The predicted molar refractivity (Wildman–Crippen MR) is 76.2 cm³/mol. The van der Waals surface area contributed by atoms with Crippen LogP contribution >= 0.6 is 15.9 Å². The van der Waals surface area contributed by atoms with Gasteiger partial charge in [0, 0.05) is 18.1 Å². The second-order valence-electron chi connectivity index (χ2n) is 4.46. The molecule has 0 aromatic carbocycles. The van der Waals surface area contributed by atoms with E-state index in [0.717, 1.165) is 18.9 Å². The van der Waals surface area contributed by atoms with Crippen LogP contribution in [0.2, 0.25) is 0 Å². The van der Waals surface area contributed by atoms with E-state index in [4.69, 9.17) is 0 Å². The van der Waals surface area contributed by atoms with Crippen LogP contribution in [0.3, 0.4) is 0 Å². The van der Waals surface area contributed by atoms with E-state index in [-0.39, 0.29) is 12.0 Å². The Morgan fingerprint density at radius 2 is 2.05 bits per heavy atom. The fourth-order valence-corrected chi connectivity index (χ4v) is 3.77. The Labute approximate surface area is 122 Å². The summed E-state index contributed by atoms with van der Waals surface area (Å²) in [6.07, 6.45) is 2.90. The van der Waals surface area contributed by atoms with Gasteiger partial charge in [0.05, 0.1) is 0 Å². The molecular formula is C12H18BrFN2O2S. The lowest BCUT2D eigenvalue weighted by molar-refractivity contribution is 0.309. The molecule has 0 radical (unpaired) electrons. The van der Waals surface area contributed by atoms with Crippen molar-refractivity contribution in [3.8, 4) is 0 Å². The summed E-state index contributed by atoms with van der Waals surface area (Å²) in [7, 11) is -3.91. The average Bonchev–Trinajstić information content (AvgIpc) is 2.41. The van der Waals surface area contributed by atoms with Crippen LogP contribution in [0.25, 0.3) is 0 Å². The molecule has 0 aliphatic heterocycles. The van der Waals surface area contributed by atoms with Gasteiger partial charge in [0.25, 0.3) is 10.0 Å². The van der Waals surface area contributed by atoms with Crippen molar-refractivity contribution in [2.75, 3.05) is 11.9 Å². The largest absolute Gasteiger partial charge is 0.261 e. The number of sulfonamides is 1. The van der Waals surface area contributed by atoms with Crippen molar-refractivity contribution in [1.82, 2.24) is 9.71 Å². The summed E-state index contributed by atoms with van der Waals surface area (Å²) in [6.45, 7) is 4.25. The van der Waals surface area contributed by atoms with E-state index < -0.39 is 20.9 Å². The van der Waals surface area contributed by atoms with Crippen molar-refractivity contribution in [1.29, 1.82) is 0 Å². The highest BCUT2D eigenvalue weighted by Crippen LogP contribution is 2.28. The molecule has 1 aromatic rings. The number of aromatic nitrogens is 1. The van der Waals surface area contributed by atoms with Crippen LogP contribution < -0.4 is 4.72 Å². The molecule has 1 aromatic heterocycles. The predicted octanol–water partition coefficient (Wildman–Crippen LogP) is 2.70. The molecule has 0 fully saturated rings. The van der Waals surface area contributed by atoms with E-state index in [1.54, 1.807) is 0 Å². The van der Waals surface area contributed by atoms with Gasteiger partial charge in [-0.2, -0.15) is 0 Å². The Balaban J connectivity index is 2.90. The second-order valence-corrected chi connectivity index (χ2v) is 6.70. The maximum atomic E-state index is 13.5. The lowest BCUT2D eigenvalue weighted by Crippen LogP contribution is -2.38. The molecule has 0 aliphatic carbocycles. The monoisotopic (exact) mass is 352 g/mol. The molecule has 19 heavy (non-hydrogen) atoms. The summed E-state index contributed by atoms with van der Waals surface area (Å²) >= 11 is 3.41. The third-order valence-corrected chi connectivity index (χ3v) is 5.92. The van der Waals surface area contributed by atoms with Crippen molar-refractivity contribution in [3.05, 3.63) is 24.1 Å². The van der Waals surface area contributed by atoms with E-state index in [9.17, 15) is 12.8 Å². The topological polar surface area (TPSA) is 59.1 Å². The SMILES string of the molecule is CCC(CC)(CBr)CNS(=O)(=O)c1ncccc1F. The minimum absolute atomic E-state index is 0.168. The lowest BCUT2D eigenvalue weighted by Gasteiger charge is -2.29. The first-order valence-electron chi connectivity index (χ1n) is 6.07. The van der Waals surface area contributed by atoms with Crippen LogP contribution in [0.4, 0.5) is 4.39 Å². The maximum absolute atomic E-state index is 13.5. The zero-order valence-corrected chi connectivity index (χ0v) is 13.4. The average molecular weight is 353 g/mol. The molecule has 0 atom stereocenters. The number of nitrogens with zero attached hydrogens (tertiary/aromatic N) is 1. The fraction of sp³-hybridized carbons (Fsp3) is 0.583. The van der Waals surface area contributed by atoms with Gasteiger partial charge in [0.15, 0.2) is 5.82 Å². The smallest absolute Gasteiger partial charge is 0.241 e. The van der Waals surface area contributed by atoms with Crippen LogP contribution in [-0.2, 0) is 10.0 Å². The van der Waals surface area contributed by atoms with Gasteiger partial charge in [-0.15, -0.1) is 0 Å². The first kappa shape index (κ1) is 16.5. The Morgan fingerprint density at radius 1 is 1.42 bits per heavy atom. The van der Waals surface area contributed by atoms with Gasteiger partial charge in [-0.1, -0.05) is 29.8 Å². The second kappa shape index (κ2) is 6.76. The molecule has 0 aliphatic rings. The molecule has 0 amide bonds. The number of hydrogen-bond acceptors (Lipinski definition) is 3. The number of pyridine rings is 1. The molecule has 7 heteroatoms. The number of hydrogen-bond donors (Lipinski definition) is 1. The summed E-state index contributed by atoms with van der Waals surface area (Å²) < 4.78 is 39.9. The van der Waals surface area contributed by atoms with E-state index in [1.165, 1.54) is 12.3 Å². The summed E-state index contributed by atoms with van der Waals surface area (Å²) in [5, 5.41) is 0.130. The molecule has 1 rings (SSSR count). The van der Waals surface area contributed by atoms with Gasteiger partial charge in [0.1, 0.15) is 0 Å². The molecule has 1 heterocycles. The molecule has 108 valence electrons. The Bertz CT molecular complexity index is 510. The minimum atomic E-state index is -3.91. The third-order valence-electron chi connectivity index (χ3n) is 3.40. The van der Waals surface area contributed by atoms with Gasteiger partial charge >= 0.3 is 0 Å². The Kier molecular flexibility index (Phi) is 5.88. The van der Waals surface area contributed by atoms with Crippen LogP contribution in [0.5, 0.6) is 0 Å². The van der Waals surface area contributed by atoms with Gasteiger partial charge in [-0.25, -0.2) is 22.5 Å². The molecule has 1 N–H and O–H groups in total. The molecular weight excluding hydrogens is 335 g/mol. The zero-order valence-electron chi connectivity index (χ0n) is 11.0. The normalized spacial score (nSPS) is 12.6. The van der Waals surface area contributed by atoms with Crippen LogP contribution in [0, 0.1) is 11.2 Å². The third kappa shape index (κ3) is 3.97. The van der Waals surface area contributed by atoms with E-state index in [1.807, 2.05) is 13.8 Å². The van der Waals surface area contributed by atoms with Gasteiger partial charge in [-0.05, 0) is 30.4 Å². The Morgan fingerprint density at radius 3 is 2.53 bits per heavy atom. The fourth-order valence-electron chi connectivity index (χ4n) is 1.62. The minimum Gasteiger partial charge on any atom is -0.241 e. The molecule has 0 spiro atoms. The van der Waals surface area contributed by atoms with Crippen LogP contribution in [0.1, 0.15) is 26.7 Å². The number of nitrogens with one attached hydrogen (secondary N) is 1. The molecule has 0 unspecified atom stereocenters. The van der Waals surface area contributed by atoms with E-state index >= 15 is 0 Å². The van der Waals surface area contributed by atoms with Crippen molar-refractivity contribution in [3.63, 3.8) is 0 Å². The summed E-state index contributed by atoms with van der Waals surface area (Å²) in [4.78, 5) is 3.59. The highest BCUT2D eigenvalue weighted by Gasteiger charge is 2.29. The first-order chi connectivity index (χ1) is 8.90. The standard InChI is InChI=1S/C12H18BrFN2O2S/c1-3-12(4-2,8-13)9-16-19(17,18)11-10(14)6-5-7-15-11/h5-7,16H,3-4,8-9H2,1-2H3. The zero-order chi connectivity index (χ0) is 14.5. The summed E-state index contributed by atoms with van der Waals surface area (Å²) in [6, 6.07) is 2.44.